The normalized spacial score (nSPS) is 10.1. The van der Waals surface area contributed by atoms with E-state index in [2.05, 4.69) is 16.2 Å². The van der Waals surface area contributed by atoms with Gasteiger partial charge >= 0.3 is 0 Å². The summed E-state index contributed by atoms with van der Waals surface area (Å²) in [5, 5.41) is 3.93. The molecule has 2 aromatic carbocycles. The zero-order valence-corrected chi connectivity index (χ0v) is 15.5. The fourth-order valence-electron chi connectivity index (χ4n) is 1.88. The second-order valence-electron chi connectivity index (χ2n) is 5.06. The van der Waals surface area contributed by atoms with Crippen molar-refractivity contribution in [2.24, 2.45) is 0 Å². The van der Waals surface area contributed by atoms with Crippen molar-refractivity contribution < 1.29 is 4.79 Å². The van der Waals surface area contributed by atoms with Crippen LogP contribution in [0.15, 0.2) is 48.5 Å². The van der Waals surface area contributed by atoms with Crippen molar-refractivity contribution in [1.29, 1.82) is 0 Å². The summed E-state index contributed by atoms with van der Waals surface area (Å²) >= 11 is 12.7. The predicted octanol–water partition coefficient (Wildman–Crippen LogP) is 3.90. The number of anilines is 1. The van der Waals surface area contributed by atoms with Crippen molar-refractivity contribution in [3.05, 3.63) is 64.7 Å². The molecule has 24 heavy (non-hydrogen) atoms. The predicted molar refractivity (Wildman–Crippen MR) is 106 cm³/mol. The van der Waals surface area contributed by atoms with Crippen molar-refractivity contribution in [3.8, 4) is 0 Å². The first-order chi connectivity index (χ1) is 11.5. The van der Waals surface area contributed by atoms with E-state index in [0.717, 1.165) is 17.0 Å². The number of carbonyl (C=O) groups excluding carboxylic acids is 1. The maximum Gasteiger partial charge on any atom is 0.248 e. The average molecular weight is 380 g/mol. The number of hydrazine groups is 1. The number of aryl methyl sites for hydroxylation is 1. The van der Waals surface area contributed by atoms with Crippen molar-refractivity contribution in [3.63, 3.8) is 0 Å². The second-order valence-corrected chi connectivity index (χ2v) is 6.90. The molecule has 0 atom stereocenters. The summed E-state index contributed by atoms with van der Waals surface area (Å²) in [7, 11) is 0. The highest BCUT2D eigenvalue weighted by molar-refractivity contribution is 7.99. The maximum atomic E-state index is 11.8. The molecule has 0 radical (unpaired) electrons. The first kappa shape index (κ1) is 18.6. The topological polar surface area (TPSA) is 53.2 Å². The van der Waals surface area contributed by atoms with Crippen LogP contribution < -0.4 is 16.2 Å². The minimum absolute atomic E-state index is 0.136. The van der Waals surface area contributed by atoms with Gasteiger partial charge in [-0.15, -0.1) is 11.8 Å². The third-order valence-corrected chi connectivity index (χ3v) is 4.55. The summed E-state index contributed by atoms with van der Waals surface area (Å²) in [6, 6.07) is 15.5. The van der Waals surface area contributed by atoms with Crippen molar-refractivity contribution in [2.45, 2.75) is 12.7 Å². The molecule has 126 valence electrons. The molecule has 0 saturated heterocycles. The number of hydrogen-bond donors (Lipinski definition) is 3. The minimum Gasteiger partial charge on any atom is -0.331 e. The van der Waals surface area contributed by atoms with Crippen LogP contribution in [0.25, 0.3) is 0 Å². The number of amides is 1. The quantitative estimate of drug-likeness (QED) is 0.543. The standard InChI is InChI=1S/C17H18ClN3OS2/c1-12-7-8-14(18)9-15(12)19-17(23)21-20-16(22)11-24-10-13-5-3-2-4-6-13/h2-9H,10-11H2,1H3,(H,20,22)(H2,19,21,23). The molecule has 0 spiro atoms. The van der Waals surface area contributed by atoms with E-state index in [4.69, 9.17) is 23.8 Å². The van der Waals surface area contributed by atoms with Crippen LogP contribution in [0, 0.1) is 6.92 Å². The highest BCUT2D eigenvalue weighted by Crippen LogP contribution is 2.19. The van der Waals surface area contributed by atoms with Gasteiger partial charge in [0, 0.05) is 16.5 Å². The van der Waals surface area contributed by atoms with E-state index < -0.39 is 0 Å². The van der Waals surface area contributed by atoms with E-state index in [0.29, 0.717) is 15.9 Å². The number of nitrogens with one attached hydrogen (secondary N) is 3. The molecule has 4 nitrogen and oxygen atoms in total. The van der Waals surface area contributed by atoms with E-state index in [1.807, 2.05) is 49.4 Å². The van der Waals surface area contributed by atoms with Gasteiger partial charge in [-0.1, -0.05) is 48.0 Å². The Labute approximate surface area is 156 Å². The fourth-order valence-corrected chi connectivity index (χ4v) is 3.00. The van der Waals surface area contributed by atoms with Crippen LogP contribution in [0.2, 0.25) is 5.02 Å². The summed E-state index contributed by atoms with van der Waals surface area (Å²) in [6.45, 7) is 1.94. The van der Waals surface area contributed by atoms with Gasteiger partial charge < -0.3 is 5.32 Å². The lowest BCUT2D eigenvalue weighted by atomic mass is 10.2. The van der Waals surface area contributed by atoms with Gasteiger partial charge in [-0.2, -0.15) is 0 Å². The van der Waals surface area contributed by atoms with Crippen LogP contribution >= 0.6 is 35.6 Å². The molecule has 0 aromatic heterocycles. The Hall–Kier alpha value is -1.76. The van der Waals surface area contributed by atoms with E-state index in [1.54, 1.807) is 17.8 Å². The summed E-state index contributed by atoms with van der Waals surface area (Å²) in [4.78, 5) is 11.8. The van der Waals surface area contributed by atoms with Crippen LogP contribution in [0.3, 0.4) is 0 Å². The molecule has 7 heteroatoms. The number of hydrogen-bond acceptors (Lipinski definition) is 3. The van der Waals surface area contributed by atoms with E-state index >= 15 is 0 Å². The third-order valence-electron chi connectivity index (χ3n) is 3.11. The molecular weight excluding hydrogens is 362 g/mol. The highest BCUT2D eigenvalue weighted by atomic mass is 35.5. The number of rotatable bonds is 5. The summed E-state index contributed by atoms with van der Waals surface area (Å²) in [5.41, 5.74) is 8.27. The Morgan fingerprint density at radius 1 is 1.17 bits per heavy atom. The second kappa shape index (κ2) is 9.52. The SMILES string of the molecule is Cc1ccc(Cl)cc1NC(=S)NNC(=O)CSCc1ccccc1. The minimum atomic E-state index is -0.136. The first-order valence-corrected chi connectivity index (χ1v) is 9.22. The first-order valence-electron chi connectivity index (χ1n) is 7.28. The fraction of sp³-hybridized carbons (Fsp3) is 0.176. The Morgan fingerprint density at radius 3 is 2.67 bits per heavy atom. The van der Waals surface area contributed by atoms with Gasteiger partial charge in [0.25, 0.3) is 0 Å². The molecule has 0 bridgehead atoms. The zero-order valence-electron chi connectivity index (χ0n) is 13.1. The molecule has 0 fully saturated rings. The average Bonchev–Trinajstić information content (AvgIpc) is 2.57. The highest BCUT2D eigenvalue weighted by Gasteiger charge is 2.05. The van der Waals surface area contributed by atoms with Gasteiger partial charge in [-0.3, -0.25) is 15.6 Å². The van der Waals surface area contributed by atoms with Crippen LogP contribution in [0.4, 0.5) is 5.69 Å². The Bertz CT molecular complexity index is 710. The van der Waals surface area contributed by atoms with Gasteiger partial charge in [0.15, 0.2) is 5.11 Å². The largest absolute Gasteiger partial charge is 0.331 e. The van der Waals surface area contributed by atoms with Gasteiger partial charge in [0.1, 0.15) is 0 Å². The Kier molecular flexibility index (Phi) is 7.36. The van der Waals surface area contributed by atoms with E-state index in [1.165, 1.54) is 5.56 Å². The molecule has 1 amide bonds. The van der Waals surface area contributed by atoms with Gasteiger partial charge in [-0.05, 0) is 42.4 Å². The van der Waals surface area contributed by atoms with Crippen molar-refractivity contribution >= 4 is 52.3 Å². The van der Waals surface area contributed by atoms with Crippen molar-refractivity contribution in [2.75, 3.05) is 11.1 Å². The number of thioether (sulfide) groups is 1. The molecule has 0 aliphatic rings. The molecule has 0 saturated carbocycles. The number of carbonyl (C=O) groups is 1. The molecule has 3 N–H and O–H groups in total. The summed E-state index contributed by atoms with van der Waals surface area (Å²) in [5.74, 6) is 1.00. The van der Waals surface area contributed by atoms with Gasteiger partial charge in [0.05, 0.1) is 5.75 Å². The lowest BCUT2D eigenvalue weighted by Gasteiger charge is -2.13. The molecular formula is C17H18ClN3OS2. The Morgan fingerprint density at radius 2 is 1.92 bits per heavy atom. The van der Waals surface area contributed by atoms with E-state index in [-0.39, 0.29) is 5.91 Å². The lowest BCUT2D eigenvalue weighted by Crippen LogP contribution is -2.44. The molecule has 0 heterocycles. The molecule has 0 unspecified atom stereocenters. The van der Waals surface area contributed by atoms with Crippen LogP contribution in [0.1, 0.15) is 11.1 Å². The van der Waals surface area contributed by atoms with Gasteiger partial charge in [0.2, 0.25) is 5.91 Å². The van der Waals surface area contributed by atoms with Crippen LogP contribution in [0.5, 0.6) is 0 Å². The number of thiocarbonyl (C=S) groups is 1. The van der Waals surface area contributed by atoms with E-state index in [9.17, 15) is 4.79 Å². The summed E-state index contributed by atoms with van der Waals surface area (Å²) < 4.78 is 0. The van der Waals surface area contributed by atoms with Crippen LogP contribution in [-0.4, -0.2) is 16.8 Å². The summed E-state index contributed by atoms with van der Waals surface area (Å²) in [6.07, 6.45) is 0. The monoisotopic (exact) mass is 379 g/mol. The number of benzene rings is 2. The third kappa shape index (κ3) is 6.39. The number of halogens is 1. The molecule has 2 rings (SSSR count). The zero-order chi connectivity index (χ0) is 17.4. The molecule has 0 aliphatic carbocycles. The van der Waals surface area contributed by atoms with Gasteiger partial charge in [-0.25, -0.2) is 0 Å². The van der Waals surface area contributed by atoms with Crippen molar-refractivity contribution in [1.82, 2.24) is 10.9 Å². The smallest absolute Gasteiger partial charge is 0.248 e. The maximum absolute atomic E-state index is 11.8. The lowest BCUT2D eigenvalue weighted by molar-refractivity contribution is -0.119. The Balaban J connectivity index is 1.69. The molecule has 0 aliphatic heterocycles. The van der Waals surface area contributed by atoms with Crippen LogP contribution in [-0.2, 0) is 10.5 Å². The molecule has 2 aromatic rings.